The van der Waals surface area contributed by atoms with E-state index in [1.54, 1.807) is 11.0 Å². The minimum atomic E-state index is -4.73. The molecule has 1 aromatic carbocycles. The molecule has 1 aromatic heterocycles. The fraction of sp³-hybridized carbons (Fsp3) is 0.357. The van der Waals surface area contributed by atoms with E-state index >= 15 is 0 Å². The van der Waals surface area contributed by atoms with Crippen molar-refractivity contribution in [1.29, 1.82) is 0 Å². The minimum absolute atomic E-state index is 0.123. The topological polar surface area (TPSA) is 45.3 Å². The third kappa shape index (κ3) is 2.96. The second-order valence-corrected chi connectivity index (χ2v) is 4.98. The van der Waals surface area contributed by atoms with E-state index in [-0.39, 0.29) is 11.7 Å². The van der Waals surface area contributed by atoms with Gasteiger partial charge in [0.25, 0.3) is 5.91 Å². The third-order valence-electron chi connectivity index (χ3n) is 3.45. The molecule has 1 fully saturated rings. The first kappa shape index (κ1) is 13.8. The smallest absolute Gasteiger partial charge is 0.406 e. The van der Waals surface area contributed by atoms with Crippen molar-refractivity contribution in [3.63, 3.8) is 0 Å². The highest BCUT2D eigenvalue weighted by Gasteiger charge is 2.31. The summed E-state index contributed by atoms with van der Waals surface area (Å²) in [5.41, 5.74) is 0.829. The predicted molar refractivity (Wildman–Crippen MR) is 70.1 cm³/mol. The first-order valence-electron chi connectivity index (χ1n) is 6.60. The number of rotatable bonds is 2. The lowest BCUT2D eigenvalue weighted by Crippen LogP contribution is -2.27. The van der Waals surface area contributed by atoms with Crippen LogP contribution in [0.1, 0.15) is 23.3 Å². The van der Waals surface area contributed by atoms with Crippen molar-refractivity contribution in [2.45, 2.75) is 19.2 Å². The number of carbonyl (C=O) groups is 1. The Morgan fingerprint density at radius 3 is 2.57 bits per heavy atom. The van der Waals surface area contributed by atoms with Crippen molar-refractivity contribution < 1.29 is 22.7 Å². The number of halogens is 3. The van der Waals surface area contributed by atoms with Crippen LogP contribution in [-0.4, -0.2) is 35.2 Å². The zero-order valence-corrected chi connectivity index (χ0v) is 11.0. The van der Waals surface area contributed by atoms with Crippen molar-refractivity contribution in [3.05, 3.63) is 30.0 Å². The summed E-state index contributed by atoms with van der Waals surface area (Å²) in [6.45, 7) is 1.44. The van der Waals surface area contributed by atoms with Crippen LogP contribution in [0.15, 0.2) is 24.3 Å². The Labute approximate surface area is 118 Å². The largest absolute Gasteiger partial charge is 0.573 e. The Hall–Kier alpha value is -2.18. The van der Waals surface area contributed by atoms with Crippen molar-refractivity contribution >= 4 is 16.8 Å². The van der Waals surface area contributed by atoms with E-state index in [1.807, 2.05) is 0 Å². The Kier molecular flexibility index (Phi) is 3.27. The summed E-state index contributed by atoms with van der Waals surface area (Å²) in [6.07, 6.45) is -2.76. The number of hydrogen-bond acceptors (Lipinski definition) is 2. The maximum atomic E-state index is 12.2. The Morgan fingerprint density at radius 2 is 1.90 bits per heavy atom. The number of likely N-dealkylation sites (tertiary alicyclic amines) is 1. The molecular formula is C14H13F3N2O2. The number of nitrogens with zero attached hydrogens (tertiary/aromatic N) is 1. The average molecular weight is 298 g/mol. The number of ether oxygens (including phenoxy) is 1. The van der Waals surface area contributed by atoms with Gasteiger partial charge in [-0.25, -0.2) is 0 Å². The second-order valence-electron chi connectivity index (χ2n) is 4.98. The van der Waals surface area contributed by atoms with E-state index in [0.29, 0.717) is 16.6 Å². The maximum Gasteiger partial charge on any atom is 0.573 e. The molecule has 0 bridgehead atoms. The fourth-order valence-electron chi connectivity index (χ4n) is 2.51. The highest BCUT2D eigenvalue weighted by atomic mass is 19.4. The third-order valence-corrected chi connectivity index (χ3v) is 3.45. The molecule has 1 saturated heterocycles. The van der Waals surface area contributed by atoms with Crippen LogP contribution in [0.5, 0.6) is 5.75 Å². The Morgan fingerprint density at radius 1 is 1.19 bits per heavy atom. The van der Waals surface area contributed by atoms with Crippen LogP contribution in [-0.2, 0) is 0 Å². The normalized spacial score (nSPS) is 15.7. The van der Waals surface area contributed by atoms with Gasteiger partial charge in [0.15, 0.2) is 0 Å². The monoisotopic (exact) mass is 298 g/mol. The van der Waals surface area contributed by atoms with Crippen LogP contribution in [0.2, 0.25) is 0 Å². The number of nitrogens with one attached hydrogen (secondary N) is 1. The van der Waals surface area contributed by atoms with E-state index in [4.69, 9.17) is 0 Å². The van der Waals surface area contributed by atoms with Crippen molar-refractivity contribution in [1.82, 2.24) is 9.88 Å². The molecule has 4 nitrogen and oxygen atoms in total. The van der Waals surface area contributed by atoms with Gasteiger partial charge in [-0.3, -0.25) is 4.79 Å². The Balaban J connectivity index is 1.87. The molecule has 0 unspecified atom stereocenters. The predicted octanol–water partition coefficient (Wildman–Crippen LogP) is 3.30. The molecule has 1 aliphatic rings. The number of amides is 1. The van der Waals surface area contributed by atoms with Gasteiger partial charge >= 0.3 is 6.36 Å². The van der Waals surface area contributed by atoms with Gasteiger partial charge < -0.3 is 14.6 Å². The molecule has 0 atom stereocenters. The summed E-state index contributed by atoms with van der Waals surface area (Å²) >= 11 is 0. The maximum absolute atomic E-state index is 12.2. The van der Waals surface area contributed by atoms with E-state index in [2.05, 4.69) is 9.72 Å². The molecule has 21 heavy (non-hydrogen) atoms. The molecule has 1 amide bonds. The average Bonchev–Trinajstić information content (AvgIpc) is 3.04. The van der Waals surface area contributed by atoms with Crippen LogP contribution in [0, 0.1) is 0 Å². The number of carbonyl (C=O) groups excluding carboxylic acids is 1. The van der Waals surface area contributed by atoms with Gasteiger partial charge in [0.05, 0.1) is 0 Å². The van der Waals surface area contributed by atoms with Gasteiger partial charge in [0, 0.05) is 30.1 Å². The minimum Gasteiger partial charge on any atom is -0.406 e. The number of aromatic nitrogens is 1. The van der Waals surface area contributed by atoms with Gasteiger partial charge in [0.1, 0.15) is 11.4 Å². The molecule has 2 aromatic rings. The SMILES string of the molecule is O=C(c1cc2ccc(OC(F)(F)F)cc2[nH]1)N1CCCC1. The molecule has 0 spiro atoms. The summed E-state index contributed by atoms with van der Waals surface area (Å²) in [5.74, 6) is -0.431. The summed E-state index contributed by atoms with van der Waals surface area (Å²) in [5, 5.41) is 0.673. The standard InChI is InChI=1S/C14H13F3N2O2/c15-14(16,17)21-10-4-3-9-7-12(18-11(9)8-10)13(20)19-5-1-2-6-19/h3-4,7-8,18H,1-2,5-6H2. The quantitative estimate of drug-likeness (QED) is 0.924. The van der Waals surface area contributed by atoms with Gasteiger partial charge in [-0.2, -0.15) is 0 Å². The molecule has 1 aliphatic heterocycles. The lowest BCUT2D eigenvalue weighted by molar-refractivity contribution is -0.274. The molecule has 0 aliphatic carbocycles. The fourth-order valence-corrected chi connectivity index (χ4v) is 2.51. The highest BCUT2D eigenvalue weighted by Crippen LogP contribution is 2.27. The summed E-state index contributed by atoms with van der Waals surface area (Å²) in [7, 11) is 0. The lowest BCUT2D eigenvalue weighted by Gasteiger charge is -2.13. The molecule has 0 saturated carbocycles. The number of alkyl halides is 3. The Bertz CT molecular complexity index is 672. The van der Waals surface area contributed by atoms with Crippen molar-refractivity contribution in [2.75, 3.05) is 13.1 Å². The summed E-state index contributed by atoms with van der Waals surface area (Å²) in [4.78, 5) is 16.8. The van der Waals surface area contributed by atoms with Crippen LogP contribution in [0.3, 0.4) is 0 Å². The second kappa shape index (κ2) is 4.98. The van der Waals surface area contributed by atoms with Gasteiger partial charge in [0.2, 0.25) is 0 Å². The van der Waals surface area contributed by atoms with Crippen LogP contribution >= 0.6 is 0 Å². The summed E-state index contributed by atoms with van der Waals surface area (Å²) in [6, 6.07) is 5.61. The molecule has 112 valence electrons. The molecule has 7 heteroatoms. The summed E-state index contributed by atoms with van der Waals surface area (Å²) < 4.78 is 40.4. The van der Waals surface area contributed by atoms with E-state index < -0.39 is 6.36 Å². The first-order chi connectivity index (χ1) is 9.92. The van der Waals surface area contributed by atoms with E-state index in [9.17, 15) is 18.0 Å². The van der Waals surface area contributed by atoms with Crippen LogP contribution < -0.4 is 4.74 Å². The molecule has 2 heterocycles. The first-order valence-corrected chi connectivity index (χ1v) is 6.60. The number of aromatic amines is 1. The van der Waals surface area contributed by atoms with Gasteiger partial charge in [-0.05, 0) is 31.0 Å². The highest BCUT2D eigenvalue weighted by molar-refractivity contribution is 5.98. The lowest BCUT2D eigenvalue weighted by atomic mass is 10.2. The molecular weight excluding hydrogens is 285 g/mol. The van der Waals surface area contributed by atoms with Crippen LogP contribution in [0.25, 0.3) is 10.9 Å². The number of H-pyrrole nitrogens is 1. The van der Waals surface area contributed by atoms with Crippen molar-refractivity contribution in [3.8, 4) is 5.75 Å². The zero-order chi connectivity index (χ0) is 15.0. The number of fused-ring (bicyclic) bond motifs is 1. The number of benzene rings is 1. The van der Waals surface area contributed by atoms with Crippen LogP contribution in [0.4, 0.5) is 13.2 Å². The van der Waals surface area contributed by atoms with E-state index in [0.717, 1.165) is 25.9 Å². The van der Waals surface area contributed by atoms with Gasteiger partial charge in [-0.15, -0.1) is 13.2 Å². The molecule has 0 radical (unpaired) electrons. The van der Waals surface area contributed by atoms with Gasteiger partial charge in [-0.1, -0.05) is 0 Å². The van der Waals surface area contributed by atoms with Crippen molar-refractivity contribution in [2.24, 2.45) is 0 Å². The van der Waals surface area contributed by atoms with E-state index in [1.165, 1.54) is 18.2 Å². The molecule has 3 rings (SSSR count). The molecule has 1 N–H and O–H groups in total. The number of hydrogen-bond donors (Lipinski definition) is 1. The zero-order valence-electron chi connectivity index (χ0n) is 11.0.